The molecule has 2 aromatic carbocycles. The average molecular weight is 510 g/mol. The van der Waals surface area contributed by atoms with Crippen molar-refractivity contribution in [3.8, 4) is 22.6 Å². The first-order valence-corrected chi connectivity index (χ1v) is 13.1. The molecule has 0 aliphatic heterocycles. The van der Waals surface area contributed by atoms with Crippen molar-refractivity contribution in [1.29, 1.82) is 0 Å². The Kier molecular flexibility index (Phi) is 5.82. The Hall–Kier alpha value is -4.33. The van der Waals surface area contributed by atoms with Gasteiger partial charge in [0.15, 0.2) is 0 Å². The van der Waals surface area contributed by atoms with Gasteiger partial charge in [-0.1, -0.05) is 18.2 Å². The zero-order chi connectivity index (χ0) is 26.6. The smallest absolute Gasteiger partial charge is 0.274 e. The van der Waals surface area contributed by atoms with Gasteiger partial charge in [0.05, 0.1) is 11.7 Å². The minimum Gasteiger partial charge on any atom is -0.456 e. The maximum atomic E-state index is 13.1. The Labute approximate surface area is 220 Å². The van der Waals surface area contributed by atoms with E-state index in [-0.39, 0.29) is 11.5 Å². The number of pyridine rings is 1. The molecule has 3 aromatic heterocycles. The van der Waals surface area contributed by atoms with Crippen LogP contribution in [0.3, 0.4) is 0 Å². The summed E-state index contributed by atoms with van der Waals surface area (Å²) in [5.41, 5.74) is 5.26. The van der Waals surface area contributed by atoms with Crippen molar-refractivity contribution in [2.24, 2.45) is 13.0 Å². The van der Waals surface area contributed by atoms with Crippen LogP contribution in [0.1, 0.15) is 41.4 Å². The molecular weight excluding hydrogens is 478 g/mol. The Morgan fingerprint density at radius 2 is 1.92 bits per heavy atom. The summed E-state index contributed by atoms with van der Waals surface area (Å²) in [4.78, 5) is 28.8. The molecule has 194 valence electrons. The van der Waals surface area contributed by atoms with Gasteiger partial charge >= 0.3 is 0 Å². The molecule has 0 radical (unpaired) electrons. The van der Waals surface area contributed by atoms with E-state index in [9.17, 15) is 9.59 Å². The van der Waals surface area contributed by atoms with Gasteiger partial charge in [0.2, 0.25) is 0 Å². The van der Waals surface area contributed by atoms with Gasteiger partial charge in [0.1, 0.15) is 22.7 Å². The van der Waals surface area contributed by atoms with Crippen molar-refractivity contribution in [2.45, 2.75) is 40.2 Å². The van der Waals surface area contributed by atoms with Gasteiger partial charge in [-0.2, -0.15) is 5.10 Å². The Morgan fingerprint density at radius 1 is 1.16 bits per heavy atom. The SMILES string of the molecule is CCNC(=O)c1cc2c(-c3cc4c(cnn4CC4CC4)cc3Oc3c(C)cccc3C)cn(C)c(=O)c2[nH]1. The number of benzene rings is 2. The molecule has 3 heterocycles. The predicted molar refractivity (Wildman–Crippen MR) is 149 cm³/mol. The molecule has 8 nitrogen and oxygen atoms in total. The fraction of sp³-hybridized carbons (Fsp3) is 0.300. The number of aryl methyl sites for hydroxylation is 3. The molecule has 0 spiro atoms. The lowest BCUT2D eigenvalue weighted by Crippen LogP contribution is -2.23. The van der Waals surface area contributed by atoms with Crippen molar-refractivity contribution >= 4 is 27.7 Å². The highest BCUT2D eigenvalue weighted by Gasteiger charge is 2.24. The van der Waals surface area contributed by atoms with Crippen LogP contribution in [0.25, 0.3) is 32.9 Å². The number of ether oxygens (including phenoxy) is 1. The summed E-state index contributed by atoms with van der Waals surface area (Å²) in [7, 11) is 1.72. The third-order valence-electron chi connectivity index (χ3n) is 7.33. The maximum absolute atomic E-state index is 13.1. The van der Waals surface area contributed by atoms with Crippen LogP contribution in [0.2, 0.25) is 0 Å². The topological polar surface area (TPSA) is 93.9 Å². The molecule has 0 bridgehead atoms. The van der Waals surface area contributed by atoms with E-state index >= 15 is 0 Å². The van der Waals surface area contributed by atoms with E-state index in [4.69, 9.17) is 4.74 Å². The first kappa shape index (κ1) is 24.0. The van der Waals surface area contributed by atoms with E-state index < -0.39 is 0 Å². The van der Waals surface area contributed by atoms with E-state index in [0.717, 1.165) is 45.5 Å². The van der Waals surface area contributed by atoms with Crippen molar-refractivity contribution in [1.82, 2.24) is 24.6 Å². The summed E-state index contributed by atoms with van der Waals surface area (Å²) in [5.74, 6) is 1.89. The largest absolute Gasteiger partial charge is 0.456 e. The Bertz CT molecular complexity index is 1750. The molecule has 2 N–H and O–H groups in total. The monoisotopic (exact) mass is 509 g/mol. The van der Waals surface area contributed by atoms with Crippen LogP contribution >= 0.6 is 0 Å². The van der Waals surface area contributed by atoms with Crippen LogP contribution in [-0.4, -0.2) is 31.8 Å². The van der Waals surface area contributed by atoms with Gasteiger partial charge in [0, 0.05) is 48.2 Å². The first-order valence-electron chi connectivity index (χ1n) is 13.1. The summed E-state index contributed by atoms with van der Waals surface area (Å²) < 4.78 is 10.2. The second kappa shape index (κ2) is 9.20. The standard InChI is InChI=1S/C30H31N5O3/c1-5-31-29(36)24-12-22-23(16-34(4)30(37)27(22)33-24)21-13-25-20(14-32-35(25)15-19-9-10-19)11-26(21)38-28-17(2)7-6-8-18(28)3/h6-8,11-14,16,19,33H,5,9-10,15H2,1-4H3,(H,31,36). The number of nitrogens with zero attached hydrogens (tertiary/aromatic N) is 3. The molecule has 1 fully saturated rings. The summed E-state index contributed by atoms with van der Waals surface area (Å²) in [6.45, 7) is 7.30. The van der Waals surface area contributed by atoms with E-state index in [1.807, 2.05) is 57.4 Å². The third-order valence-corrected chi connectivity index (χ3v) is 7.33. The van der Waals surface area contributed by atoms with E-state index in [1.165, 1.54) is 12.8 Å². The van der Waals surface area contributed by atoms with E-state index in [0.29, 0.717) is 34.8 Å². The van der Waals surface area contributed by atoms with Crippen molar-refractivity contribution in [3.05, 3.63) is 76.0 Å². The second-order valence-corrected chi connectivity index (χ2v) is 10.3. The Balaban J connectivity index is 1.60. The zero-order valence-corrected chi connectivity index (χ0v) is 22.1. The van der Waals surface area contributed by atoms with Gasteiger partial charge in [-0.3, -0.25) is 14.3 Å². The lowest BCUT2D eigenvalue weighted by molar-refractivity contribution is 0.0951. The second-order valence-electron chi connectivity index (χ2n) is 10.3. The molecule has 0 unspecified atom stereocenters. The van der Waals surface area contributed by atoms with Gasteiger partial charge in [-0.15, -0.1) is 0 Å². The fourth-order valence-corrected chi connectivity index (χ4v) is 5.09. The number of para-hydroxylation sites is 1. The van der Waals surface area contributed by atoms with Gasteiger partial charge in [0.25, 0.3) is 11.5 Å². The molecular formula is C30H31N5O3. The number of hydrogen-bond acceptors (Lipinski definition) is 4. The van der Waals surface area contributed by atoms with Gasteiger partial charge < -0.3 is 19.6 Å². The average Bonchev–Trinajstić information content (AvgIpc) is 3.46. The van der Waals surface area contributed by atoms with Crippen LogP contribution in [0.5, 0.6) is 11.5 Å². The van der Waals surface area contributed by atoms with Crippen molar-refractivity contribution in [2.75, 3.05) is 6.54 Å². The molecule has 1 aliphatic rings. The number of rotatable bonds is 7. The number of carbonyl (C=O) groups excluding carboxylic acids is 1. The quantitative estimate of drug-likeness (QED) is 0.305. The molecule has 38 heavy (non-hydrogen) atoms. The maximum Gasteiger partial charge on any atom is 0.274 e. The first-order chi connectivity index (χ1) is 18.3. The number of carbonyl (C=O) groups is 1. The lowest BCUT2D eigenvalue weighted by atomic mass is 10.0. The number of amides is 1. The van der Waals surface area contributed by atoms with E-state index in [1.54, 1.807) is 17.7 Å². The summed E-state index contributed by atoms with van der Waals surface area (Å²) >= 11 is 0. The van der Waals surface area contributed by atoms with Gasteiger partial charge in [-0.25, -0.2) is 0 Å². The highest BCUT2D eigenvalue weighted by Crippen LogP contribution is 2.41. The van der Waals surface area contributed by atoms with Crippen LogP contribution in [0, 0.1) is 19.8 Å². The zero-order valence-electron chi connectivity index (χ0n) is 22.1. The normalized spacial score (nSPS) is 13.4. The van der Waals surface area contributed by atoms with E-state index in [2.05, 4.69) is 26.1 Å². The van der Waals surface area contributed by atoms with Crippen molar-refractivity contribution in [3.63, 3.8) is 0 Å². The molecule has 8 heteroatoms. The molecule has 6 rings (SSSR count). The van der Waals surface area contributed by atoms with Gasteiger partial charge in [-0.05, 0) is 68.9 Å². The summed E-state index contributed by atoms with van der Waals surface area (Å²) in [6, 6.07) is 12.0. The number of H-pyrrole nitrogens is 1. The van der Waals surface area contributed by atoms with Crippen LogP contribution < -0.4 is 15.6 Å². The van der Waals surface area contributed by atoms with Crippen LogP contribution in [0.15, 0.2) is 53.6 Å². The molecule has 0 atom stereocenters. The molecule has 1 amide bonds. The highest BCUT2D eigenvalue weighted by atomic mass is 16.5. The van der Waals surface area contributed by atoms with Crippen LogP contribution in [-0.2, 0) is 13.6 Å². The van der Waals surface area contributed by atoms with Crippen molar-refractivity contribution < 1.29 is 9.53 Å². The Morgan fingerprint density at radius 3 is 2.63 bits per heavy atom. The molecule has 1 aliphatic carbocycles. The lowest BCUT2D eigenvalue weighted by Gasteiger charge is -2.17. The summed E-state index contributed by atoms with van der Waals surface area (Å²) in [5, 5.41) is 9.16. The molecule has 5 aromatic rings. The number of fused-ring (bicyclic) bond motifs is 2. The molecule has 1 saturated carbocycles. The molecule has 0 saturated heterocycles. The van der Waals surface area contributed by atoms with Crippen LogP contribution in [0.4, 0.5) is 0 Å². The summed E-state index contributed by atoms with van der Waals surface area (Å²) in [6.07, 6.45) is 6.17. The minimum absolute atomic E-state index is 0.198. The number of nitrogens with one attached hydrogen (secondary N) is 2. The third kappa shape index (κ3) is 4.16. The minimum atomic E-state index is -0.248. The number of hydrogen-bond donors (Lipinski definition) is 2. The fourth-order valence-electron chi connectivity index (χ4n) is 5.09. The predicted octanol–water partition coefficient (Wildman–Crippen LogP) is 5.45. The number of aromatic amines is 1. The highest BCUT2D eigenvalue weighted by molar-refractivity contribution is 6.04. The number of aromatic nitrogens is 4.